The van der Waals surface area contributed by atoms with Crippen molar-refractivity contribution in [2.24, 2.45) is 0 Å². The molecule has 2 heterocycles. The van der Waals surface area contributed by atoms with Crippen LogP contribution in [0, 0.1) is 0 Å². The van der Waals surface area contributed by atoms with Gasteiger partial charge in [0.1, 0.15) is 5.69 Å². The predicted molar refractivity (Wildman–Crippen MR) is 81.2 cm³/mol. The number of rotatable bonds is 5. The number of nitrogens with zero attached hydrogens (tertiary/aromatic N) is 5. The van der Waals surface area contributed by atoms with Crippen LogP contribution >= 0.6 is 0 Å². The molecule has 0 amide bonds. The van der Waals surface area contributed by atoms with E-state index in [0.717, 1.165) is 30.9 Å². The standard InChI is InChI=1S/C15H25N5/c1-15(2,3)14-7-10-20(17-14)13-11-16-19(12-13)9-6-8-18(4)5/h7,10-12H,6,8-9H2,1-5H3. The van der Waals surface area contributed by atoms with Crippen molar-refractivity contribution < 1.29 is 0 Å². The normalized spacial score (nSPS) is 12.3. The fraction of sp³-hybridized carbons (Fsp3) is 0.600. The fourth-order valence-corrected chi connectivity index (χ4v) is 2.01. The highest BCUT2D eigenvalue weighted by molar-refractivity contribution is 5.25. The molecule has 0 saturated heterocycles. The third kappa shape index (κ3) is 3.70. The summed E-state index contributed by atoms with van der Waals surface area (Å²) in [6.07, 6.45) is 7.02. The van der Waals surface area contributed by atoms with Crippen LogP contribution in [0.1, 0.15) is 32.9 Å². The van der Waals surface area contributed by atoms with Crippen molar-refractivity contribution >= 4 is 0 Å². The molecule has 0 radical (unpaired) electrons. The van der Waals surface area contributed by atoms with Crippen LogP contribution in [0.2, 0.25) is 0 Å². The minimum atomic E-state index is 0.0763. The van der Waals surface area contributed by atoms with Crippen LogP contribution in [-0.4, -0.2) is 45.1 Å². The second-order valence-corrected chi connectivity index (χ2v) is 6.51. The molecule has 0 atom stereocenters. The molecule has 5 heteroatoms. The maximum absolute atomic E-state index is 4.63. The van der Waals surface area contributed by atoms with E-state index in [9.17, 15) is 0 Å². The summed E-state index contributed by atoms with van der Waals surface area (Å²) in [5.41, 5.74) is 2.19. The lowest BCUT2D eigenvalue weighted by Gasteiger charge is -2.14. The summed E-state index contributed by atoms with van der Waals surface area (Å²) in [4.78, 5) is 2.19. The van der Waals surface area contributed by atoms with Gasteiger partial charge >= 0.3 is 0 Å². The second-order valence-electron chi connectivity index (χ2n) is 6.51. The summed E-state index contributed by atoms with van der Waals surface area (Å²) in [6.45, 7) is 8.52. The van der Waals surface area contributed by atoms with Gasteiger partial charge in [-0.05, 0) is 33.1 Å². The molecular weight excluding hydrogens is 250 g/mol. The van der Waals surface area contributed by atoms with Gasteiger partial charge in [0, 0.05) is 18.2 Å². The van der Waals surface area contributed by atoms with Crippen molar-refractivity contribution in [3.8, 4) is 5.69 Å². The molecule has 2 aromatic rings. The van der Waals surface area contributed by atoms with E-state index in [0.29, 0.717) is 0 Å². The Kier molecular flexibility index (Phi) is 4.28. The van der Waals surface area contributed by atoms with E-state index in [2.05, 4.69) is 62.2 Å². The summed E-state index contributed by atoms with van der Waals surface area (Å²) in [7, 11) is 4.18. The van der Waals surface area contributed by atoms with E-state index in [1.807, 2.05) is 21.8 Å². The Hall–Kier alpha value is -1.62. The number of aromatic nitrogens is 4. The van der Waals surface area contributed by atoms with Crippen LogP contribution < -0.4 is 0 Å². The highest BCUT2D eigenvalue weighted by Crippen LogP contribution is 2.20. The second kappa shape index (κ2) is 5.79. The van der Waals surface area contributed by atoms with Gasteiger partial charge in [-0.15, -0.1) is 0 Å². The van der Waals surface area contributed by atoms with Crippen molar-refractivity contribution in [1.82, 2.24) is 24.5 Å². The largest absolute Gasteiger partial charge is 0.309 e. The molecule has 0 aliphatic heterocycles. The van der Waals surface area contributed by atoms with E-state index in [1.54, 1.807) is 0 Å². The van der Waals surface area contributed by atoms with Crippen LogP contribution in [0.4, 0.5) is 0 Å². The Balaban J connectivity index is 2.03. The van der Waals surface area contributed by atoms with E-state index < -0.39 is 0 Å². The lowest BCUT2D eigenvalue weighted by Crippen LogP contribution is -2.15. The van der Waals surface area contributed by atoms with Gasteiger partial charge in [-0.25, -0.2) is 4.68 Å². The lowest BCUT2D eigenvalue weighted by atomic mass is 9.93. The zero-order valence-corrected chi connectivity index (χ0v) is 13.2. The van der Waals surface area contributed by atoms with Crippen molar-refractivity contribution in [1.29, 1.82) is 0 Å². The number of aryl methyl sites for hydroxylation is 1. The summed E-state index contributed by atoms with van der Waals surface area (Å²) in [5, 5.41) is 9.03. The third-order valence-corrected chi connectivity index (χ3v) is 3.23. The molecule has 0 spiro atoms. The van der Waals surface area contributed by atoms with E-state index >= 15 is 0 Å². The Bertz CT molecular complexity index is 545. The van der Waals surface area contributed by atoms with E-state index in [4.69, 9.17) is 0 Å². The first-order chi connectivity index (χ1) is 9.36. The first-order valence-corrected chi connectivity index (χ1v) is 7.10. The monoisotopic (exact) mass is 275 g/mol. The van der Waals surface area contributed by atoms with Crippen LogP contribution in [0.25, 0.3) is 5.69 Å². The molecule has 2 aromatic heterocycles. The first kappa shape index (κ1) is 14.8. The Morgan fingerprint density at radius 2 is 2.00 bits per heavy atom. The molecule has 2 rings (SSSR count). The van der Waals surface area contributed by atoms with Crippen molar-refractivity contribution in [3.63, 3.8) is 0 Å². The Labute approximate surface area is 121 Å². The molecule has 0 fully saturated rings. The highest BCUT2D eigenvalue weighted by Gasteiger charge is 2.17. The Morgan fingerprint density at radius 3 is 2.60 bits per heavy atom. The molecule has 0 aliphatic carbocycles. The van der Waals surface area contributed by atoms with Gasteiger partial charge < -0.3 is 4.90 Å². The van der Waals surface area contributed by atoms with Gasteiger partial charge in [0.25, 0.3) is 0 Å². The van der Waals surface area contributed by atoms with Crippen LogP contribution in [0.5, 0.6) is 0 Å². The molecule has 0 aliphatic rings. The molecule has 0 unspecified atom stereocenters. The Morgan fingerprint density at radius 1 is 1.25 bits per heavy atom. The number of hydrogen-bond acceptors (Lipinski definition) is 3. The summed E-state index contributed by atoms with van der Waals surface area (Å²) in [5.74, 6) is 0. The highest BCUT2D eigenvalue weighted by atomic mass is 15.3. The smallest absolute Gasteiger partial charge is 0.102 e. The van der Waals surface area contributed by atoms with E-state index in [-0.39, 0.29) is 5.41 Å². The first-order valence-electron chi connectivity index (χ1n) is 7.10. The molecule has 0 N–H and O–H groups in total. The lowest BCUT2D eigenvalue weighted by molar-refractivity contribution is 0.380. The zero-order valence-electron chi connectivity index (χ0n) is 13.2. The minimum absolute atomic E-state index is 0.0763. The van der Waals surface area contributed by atoms with Crippen LogP contribution in [-0.2, 0) is 12.0 Å². The van der Waals surface area contributed by atoms with Gasteiger partial charge in [0.2, 0.25) is 0 Å². The predicted octanol–water partition coefficient (Wildman–Crippen LogP) is 2.32. The molecule has 0 bridgehead atoms. The van der Waals surface area contributed by atoms with Gasteiger partial charge in [0.15, 0.2) is 0 Å². The zero-order chi connectivity index (χ0) is 14.8. The van der Waals surface area contributed by atoms with Crippen molar-refractivity contribution in [2.45, 2.75) is 39.2 Å². The molecule has 110 valence electrons. The van der Waals surface area contributed by atoms with E-state index in [1.165, 1.54) is 0 Å². The molecule has 0 saturated carbocycles. The average molecular weight is 275 g/mol. The number of hydrogen-bond donors (Lipinski definition) is 0. The minimum Gasteiger partial charge on any atom is -0.309 e. The SMILES string of the molecule is CN(C)CCCn1cc(-n2ccc(C(C)(C)C)n2)cn1. The maximum atomic E-state index is 4.63. The van der Waals surface area contributed by atoms with Gasteiger partial charge in [-0.1, -0.05) is 20.8 Å². The van der Waals surface area contributed by atoms with Crippen molar-refractivity contribution in [3.05, 3.63) is 30.4 Å². The maximum Gasteiger partial charge on any atom is 0.102 e. The summed E-state index contributed by atoms with van der Waals surface area (Å²) < 4.78 is 3.88. The van der Waals surface area contributed by atoms with Crippen LogP contribution in [0.15, 0.2) is 24.7 Å². The topological polar surface area (TPSA) is 38.9 Å². The van der Waals surface area contributed by atoms with Gasteiger partial charge in [0.05, 0.1) is 18.1 Å². The molecular formula is C15H25N5. The van der Waals surface area contributed by atoms with Crippen molar-refractivity contribution in [2.75, 3.05) is 20.6 Å². The molecule has 5 nitrogen and oxygen atoms in total. The average Bonchev–Trinajstić information content (AvgIpc) is 2.94. The summed E-state index contributed by atoms with van der Waals surface area (Å²) >= 11 is 0. The molecule has 20 heavy (non-hydrogen) atoms. The van der Waals surface area contributed by atoms with Gasteiger partial charge in [-0.3, -0.25) is 4.68 Å². The fourth-order valence-electron chi connectivity index (χ4n) is 2.01. The quantitative estimate of drug-likeness (QED) is 0.840. The third-order valence-electron chi connectivity index (χ3n) is 3.23. The van der Waals surface area contributed by atoms with Crippen LogP contribution in [0.3, 0.4) is 0 Å². The molecule has 0 aromatic carbocycles. The summed E-state index contributed by atoms with van der Waals surface area (Å²) in [6, 6.07) is 2.07. The van der Waals surface area contributed by atoms with Gasteiger partial charge in [-0.2, -0.15) is 10.2 Å².